The first kappa shape index (κ1) is 21.9. The molecule has 0 saturated heterocycles. The van der Waals surface area contributed by atoms with E-state index < -0.39 is 0 Å². The highest BCUT2D eigenvalue weighted by Crippen LogP contribution is 2.28. The molecule has 1 N–H and O–H groups in total. The Morgan fingerprint density at radius 3 is 2.30 bits per heavy atom. The summed E-state index contributed by atoms with van der Waals surface area (Å²) in [4.78, 5) is 12.6. The van der Waals surface area contributed by atoms with Crippen LogP contribution in [-0.2, 0) is 0 Å². The lowest BCUT2D eigenvalue weighted by Gasteiger charge is -2.13. The van der Waals surface area contributed by atoms with Crippen LogP contribution in [0.5, 0.6) is 23.1 Å². The Kier molecular flexibility index (Phi) is 6.53. The summed E-state index contributed by atoms with van der Waals surface area (Å²) in [5.74, 6) is 2.24. The summed E-state index contributed by atoms with van der Waals surface area (Å²) < 4.78 is 23.1. The quantitative estimate of drug-likeness (QED) is 0.389. The van der Waals surface area contributed by atoms with Crippen molar-refractivity contribution < 1.29 is 23.7 Å². The van der Waals surface area contributed by atoms with Gasteiger partial charge in [-0.3, -0.25) is 4.79 Å². The van der Waals surface area contributed by atoms with Gasteiger partial charge in [0.05, 0.1) is 27.9 Å². The lowest BCUT2D eigenvalue weighted by Crippen LogP contribution is -2.29. The van der Waals surface area contributed by atoms with Gasteiger partial charge in [0, 0.05) is 11.6 Å². The van der Waals surface area contributed by atoms with Gasteiger partial charge in [0.15, 0.2) is 11.5 Å². The number of nitrogens with zero attached hydrogens (tertiary/aromatic N) is 4. The number of hydrogen-bond acceptors (Lipinski definition) is 8. The Labute approximate surface area is 190 Å². The van der Waals surface area contributed by atoms with E-state index in [1.807, 2.05) is 24.3 Å². The van der Waals surface area contributed by atoms with Crippen molar-refractivity contribution in [2.75, 3.05) is 34.5 Å². The van der Waals surface area contributed by atoms with Gasteiger partial charge in [-0.15, -0.1) is 15.3 Å². The number of carbonyl (C=O) groups is 1. The molecule has 0 fully saturated rings. The molecule has 1 amide bonds. The monoisotopic (exact) mass is 449 g/mol. The molecule has 4 rings (SSSR count). The number of fused-ring (bicyclic) bond motifs is 1. The second-order valence-corrected chi connectivity index (χ2v) is 6.84. The molecule has 0 atom stereocenters. The molecule has 10 heteroatoms. The molecule has 2 heterocycles. The summed E-state index contributed by atoms with van der Waals surface area (Å²) in [7, 11) is 4.62. The van der Waals surface area contributed by atoms with E-state index in [0.29, 0.717) is 34.4 Å². The van der Waals surface area contributed by atoms with E-state index in [-0.39, 0.29) is 19.1 Å². The Hall–Kier alpha value is -4.34. The first-order chi connectivity index (χ1) is 16.1. The van der Waals surface area contributed by atoms with Crippen molar-refractivity contribution >= 4 is 11.6 Å². The average Bonchev–Trinajstić information content (AvgIpc) is 3.29. The van der Waals surface area contributed by atoms with Gasteiger partial charge in [0.25, 0.3) is 5.91 Å². The van der Waals surface area contributed by atoms with Crippen LogP contribution in [0.4, 0.5) is 0 Å². The summed E-state index contributed by atoms with van der Waals surface area (Å²) >= 11 is 0. The van der Waals surface area contributed by atoms with Crippen LogP contribution in [0.25, 0.3) is 17.0 Å². The van der Waals surface area contributed by atoms with Crippen molar-refractivity contribution in [3.8, 4) is 34.5 Å². The van der Waals surface area contributed by atoms with Gasteiger partial charge in [-0.25, -0.2) is 0 Å². The van der Waals surface area contributed by atoms with Gasteiger partial charge >= 0.3 is 0 Å². The van der Waals surface area contributed by atoms with Crippen LogP contribution in [0.3, 0.4) is 0 Å². The van der Waals surface area contributed by atoms with Crippen LogP contribution >= 0.6 is 0 Å². The third kappa shape index (κ3) is 4.64. The summed E-state index contributed by atoms with van der Waals surface area (Å²) in [6.45, 7) is 0.467. The first-order valence-electron chi connectivity index (χ1n) is 10.1. The molecule has 0 aliphatic rings. The van der Waals surface area contributed by atoms with E-state index in [1.165, 1.54) is 14.2 Å². The Balaban J connectivity index is 1.41. The second kappa shape index (κ2) is 9.86. The molecule has 33 heavy (non-hydrogen) atoms. The highest BCUT2D eigenvalue weighted by molar-refractivity contribution is 5.99. The van der Waals surface area contributed by atoms with E-state index in [9.17, 15) is 4.79 Å². The SMILES string of the molecule is COc1ccc(-c2nnc3ccc(OCCNC(=O)c4c(OC)cccc4OC)nn23)cc1. The molecule has 2 aromatic heterocycles. The highest BCUT2D eigenvalue weighted by atomic mass is 16.5. The largest absolute Gasteiger partial charge is 0.497 e. The first-order valence-corrected chi connectivity index (χ1v) is 10.1. The molecule has 0 bridgehead atoms. The van der Waals surface area contributed by atoms with Gasteiger partial charge in [0.1, 0.15) is 29.4 Å². The second-order valence-electron chi connectivity index (χ2n) is 6.84. The van der Waals surface area contributed by atoms with Gasteiger partial charge in [-0.05, 0) is 42.5 Å². The lowest BCUT2D eigenvalue weighted by molar-refractivity contribution is 0.0940. The zero-order chi connectivity index (χ0) is 23.2. The fraction of sp³-hybridized carbons (Fsp3) is 0.217. The number of rotatable bonds is 9. The number of carbonyl (C=O) groups excluding carboxylic acids is 1. The molecule has 4 aromatic rings. The number of benzene rings is 2. The number of aromatic nitrogens is 4. The number of hydrogen-bond donors (Lipinski definition) is 1. The Morgan fingerprint density at radius 2 is 1.64 bits per heavy atom. The molecular formula is C23H23N5O5. The molecule has 0 radical (unpaired) electrons. The van der Waals surface area contributed by atoms with Crippen LogP contribution in [0.1, 0.15) is 10.4 Å². The standard InChI is InChI=1S/C23H23N5O5/c1-30-16-9-7-15(8-10-16)22-26-25-19-11-12-20(27-28(19)22)33-14-13-24-23(29)21-17(31-2)5-4-6-18(21)32-3/h4-12H,13-14H2,1-3H3,(H,24,29). The van der Waals surface area contributed by atoms with Gasteiger partial charge in [-0.2, -0.15) is 4.52 Å². The van der Waals surface area contributed by atoms with Crippen molar-refractivity contribution in [2.45, 2.75) is 0 Å². The van der Waals surface area contributed by atoms with Gasteiger partial charge < -0.3 is 24.3 Å². The van der Waals surface area contributed by atoms with E-state index >= 15 is 0 Å². The van der Waals surface area contributed by atoms with Crippen LogP contribution < -0.4 is 24.3 Å². The van der Waals surface area contributed by atoms with Crippen molar-refractivity contribution in [3.63, 3.8) is 0 Å². The summed E-state index contributed by atoms with van der Waals surface area (Å²) in [5, 5.41) is 15.6. The minimum atomic E-state index is -0.322. The molecule has 0 saturated carbocycles. The van der Waals surface area contributed by atoms with Crippen molar-refractivity contribution in [2.24, 2.45) is 0 Å². The number of methoxy groups -OCH3 is 3. The lowest BCUT2D eigenvalue weighted by atomic mass is 10.1. The molecule has 170 valence electrons. The van der Waals surface area contributed by atoms with Crippen molar-refractivity contribution in [1.29, 1.82) is 0 Å². The molecular weight excluding hydrogens is 426 g/mol. The maximum atomic E-state index is 12.6. The fourth-order valence-corrected chi connectivity index (χ4v) is 3.25. The minimum absolute atomic E-state index is 0.210. The number of nitrogens with one attached hydrogen (secondary N) is 1. The third-order valence-corrected chi connectivity index (χ3v) is 4.88. The van der Waals surface area contributed by atoms with E-state index in [4.69, 9.17) is 18.9 Å². The minimum Gasteiger partial charge on any atom is -0.497 e. The van der Waals surface area contributed by atoms with Crippen LogP contribution in [0.2, 0.25) is 0 Å². The molecule has 0 spiro atoms. The summed E-state index contributed by atoms with van der Waals surface area (Å²) in [5.41, 5.74) is 1.76. The Bertz CT molecular complexity index is 1230. The normalized spacial score (nSPS) is 10.6. The average molecular weight is 449 g/mol. The maximum absolute atomic E-state index is 12.6. The van der Waals surface area contributed by atoms with Crippen LogP contribution in [0, 0.1) is 0 Å². The van der Waals surface area contributed by atoms with Crippen molar-refractivity contribution in [3.05, 3.63) is 60.2 Å². The zero-order valence-electron chi connectivity index (χ0n) is 18.4. The summed E-state index contributed by atoms with van der Waals surface area (Å²) in [6.07, 6.45) is 0. The highest BCUT2D eigenvalue weighted by Gasteiger charge is 2.18. The predicted molar refractivity (Wildman–Crippen MR) is 120 cm³/mol. The molecule has 0 aliphatic carbocycles. The number of amides is 1. The van der Waals surface area contributed by atoms with Crippen molar-refractivity contribution in [1.82, 2.24) is 25.1 Å². The predicted octanol–water partition coefficient (Wildman–Crippen LogP) is 2.63. The van der Waals surface area contributed by atoms with E-state index in [1.54, 1.807) is 42.0 Å². The Morgan fingerprint density at radius 1 is 0.909 bits per heavy atom. The van der Waals surface area contributed by atoms with Gasteiger partial charge in [-0.1, -0.05) is 6.07 Å². The van der Waals surface area contributed by atoms with E-state index in [2.05, 4.69) is 20.6 Å². The molecule has 0 unspecified atom stereocenters. The zero-order valence-corrected chi connectivity index (χ0v) is 18.4. The molecule has 10 nitrogen and oxygen atoms in total. The summed E-state index contributed by atoms with van der Waals surface area (Å²) in [6, 6.07) is 16.1. The smallest absolute Gasteiger partial charge is 0.258 e. The molecule has 0 aliphatic heterocycles. The van der Waals surface area contributed by atoms with Crippen LogP contribution in [-0.4, -0.2) is 60.2 Å². The fourth-order valence-electron chi connectivity index (χ4n) is 3.25. The topological polar surface area (TPSA) is 109 Å². The molecule has 2 aromatic carbocycles. The van der Waals surface area contributed by atoms with E-state index in [0.717, 1.165) is 11.3 Å². The van der Waals surface area contributed by atoms with Gasteiger partial charge in [0.2, 0.25) is 5.88 Å². The number of ether oxygens (including phenoxy) is 4. The third-order valence-electron chi connectivity index (χ3n) is 4.88. The maximum Gasteiger partial charge on any atom is 0.258 e. The van der Waals surface area contributed by atoms with Crippen LogP contribution in [0.15, 0.2) is 54.6 Å².